The maximum Gasteiger partial charge on any atom is 0.427 e. The number of aliphatic imine (C=N–C) groups is 1. The molecule has 0 aliphatic carbocycles. The predicted octanol–water partition coefficient (Wildman–Crippen LogP) is 4.11. The van der Waals surface area contributed by atoms with Gasteiger partial charge in [0.2, 0.25) is 5.96 Å². The van der Waals surface area contributed by atoms with Crippen LogP contribution >= 0.6 is 0 Å². The molecule has 0 saturated carbocycles. The molecule has 0 spiro atoms. The first-order valence-corrected chi connectivity index (χ1v) is 9.60. The lowest BCUT2D eigenvalue weighted by atomic mass is 10.1. The Kier molecular flexibility index (Phi) is 8.48. The molecule has 0 aliphatic heterocycles. The lowest BCUT2D eigenvalue weighted by Crippen LogP contribution is -2.50. The van der Waals surface area contributed by atoms with Gasteiger partial charge in [0.05, 0.1) is 6.61 Å². The van der Waals surface area contributed by atoms with Crippen LogP contribution in [0.25, 0.3) is 0 Å². The second-order valence-electron chi connectivity index (χ2n) is 8.37. The minimum absolute atomic E-state index is 0.267. The van der Waals surface area contributed by atoms with Gasteiger partial charge < -0.3 is 19.9 Å². The second kappa shape index (κ2) is 10.1. The molecule has 162 valence electrons. The third kappa shape index (κ3) is 9.32. The van der Waals surface area contributed by atoms with Gasteiger partial charge in [0.25, 0.3) is 0 Å². The minimum Gasteiger partial charge on any atom is -0.494 e. The van der Waals surface area contributed by atoms with Crippen molar-refractivity contribution in [2.45, 2.75) is 66.1 Å². The van der Waals surface area contributed by atoms with E-state index in [1.165, 1.54) is 0 Å². The molecule has 1 aromatic rings. The smallest absolute Gasteiger partial charge is 0.427 e. The summed E-state index contributed by atoms with van der Waals surface area (Å²) in [4.78, 5) is 29.8. The quantitative estimate of drug-likeness (QED) is 0.582. The van der Waals surface area contributed by atoms with E-state index in [2.05, 4.69) is 4.99 Å². The van der Waals surface area contributed by atoms with Crippen LogP contribution in [0.2, 0.25) is 0 Å². The maximum absolute atomic E-state index is 12.5. The van der Waals surface area contributed by atoms with E-state index in [1.807, 2.05) is 31.2 Å². The highest BCUT2D eigenvalue weighted by Crippen LogP contribution is 2.16. The number of amides is 2. The number of carbonyl (C=O) groups excluding carboxylic acids is 2. The molecule has 1 aromatic carbocycles. The van der Waals surface area contributed by atoms with E-state index in [1.54, 1.807) is 41.5 Å². The largest absolute Gasteiger partial charge is 0.494 e. The van der Waals surface area contributed by atoms with Crippen molar-refractivity contribution in [2.75, 3.05) is 13.2 Å². The highest BCUT2D eigenvalue weighted by Gasteiger charge is 2.33. The van der Waals surface area contributed by atoms with Crippen molar-refractivity contribution in [3.05, 3.63) is 29.8 Å². The van der Waals surface area contributed by atoms with Crippen molar-refractivity contribution >= 4 is 18.1 Å². The van der Waals surface area contributed by atoms with Crippen LogP contribution in [0.1, 0.15) is 54.0 Å². The summed E-state index contributed by atoms with van der Waals surface area (Å²) in [5, 5.41) is 0. The first-order chi connectivity index (χ1) is 13.3. The molecule has 2 amide bonds. The third-order valence-corrected chi connectivity index (χ3v) is 3.26. The van der Waals surface area contributed by atoms with E-state index in [9.17, 15) is 9.59 Å². The summed E-state index contributed by atoms with van der Waals surface area (Å²) in [6, 6.07) is 7.61. The lowest BCUT2D eigenvalue weighted by Gasteiger charge is -2.27. The zero-order valence-electron chi connectivity index (χ0n) is 18.4. The molecule has 0 saturated heterocycles. The van der Waals surface area contributed by atoms with Crippen molar-refractivity contribution in [1.82, 2.24) is 4.90 Å². The van der Waals surface area contributed by atoms with E-state index >= 15 is 0 Å². The fraction of sp³-hybridized carbons (Fsp3) is 0.571. The zero-order valence-corrected chi connectivity index (χ0v) is 18.4. The van der Waals surface area contributed by atoms with E-state index in [4.69, 9.17) is 19.9 Å². The number of benzene rings is 1. The molecular formula is C21H33N3O5. The van der Waals surface area contributed by atoms with E-state index in [-0.39, 0.29) is 12.5 Å². The number of rotatable bonds is 5. The topological polar surface area (TPSA) is 103 Å². The molecule has 0 radical (unpaired) electrons. The number of hydrogen-bond donors (Lipinski definition) is 1. The van der Waals surface area contributed by atoms with Crippen molar-refractivity contribution in [3.8, 4) is 5.75 Å². The van der Waals surface area contributed by atoms with Crippen molar-refractivity contribution < 1.29 is 23.8 Å². The van der Waals surface area contributed by atoms with Gasteiger partial charge in [-0.2, -0.15) is 0 Å². The summed E-state index contributed by atoms with van der Waals surface area (Å²) in [6.45, 7) is 12.9. The summed E-state index contributed by atoms with van der Waals surface area (Å²) in [5.74, 6) is 0.487. The van der Waals surface area contributed by atoms with Gasteiger partial charge in [0.15, 0.2) is 0 Å². The first kappa shape index (κ1) is 24.3. The Morgan fingerprint density at radius 2 is 1.59 bits per heavy atom. The number of hydrogen-bond acceptors (Lipinski definition) is 6. The Morgan fingerprint density at radius 3 is 2.07 bits per heavy atom. The molecule has 0 fully saturated rings. The second-order valence-corrected chi connectivity index (χ2v) is 8.37. The van der Waals surface area contributed by atoms with Crippen LogP contribution in [0.15, 0.2) is 29.3 Å². The minimum atomic E-state index is -0.939. The molecule has 0 bridgehead atoms. The van der Waals surface area contributed by atoms with Crippen molar-refractivity contribution in [1.29, 1.82) is 0 Å². The normalized spacial score (nSPS) is 12.3. The maximum atomic E-state index is 12.5. The number of guanidine groups is 1. The summed E-state index contributed by atoms with van der Waals surface area (Å²) < 4.78 is 16.0. The summed E-state index contributed by atoms with van der Waals surface area (Å²) in [5.41, 5.74) is 5.33. The Hall–Kier alpha value is -2.77. The summed E-state index contributed by atoms with van der Waals surface area (Å²) in [7, 11) is 0. The third-order valence-electron chi connectivity index (χ3n) is 3.26. The number of carbonyl (C=O) groups is 2. The fourth-order valence-electron chi connectivity index (χ4n) is 2.20. The lowest BCUT2D eigenvalue weighted by molar-refractivity contribution is 0.0145. The molecule has 0 aliphatic rings. The molecule has 2 N–H and O–H groups in total. The van der Waals surface area contributed by atoms with Gasteiger partial charge in [-0.05, 0) is 72.6 Å². The van der Waals surface area contributed by atoms with Crippen LogP contribution in [0.3, 0.4) is 0 Å². The van der Waals surface area contributed by atoms with Crippen LogP contribution < -0.4 is 10.5 Å². The zero-order chi connectivity index (χ0) is 22.2. The molecule has 29 heavy (non-hydrogen) atoms. The molecular weight excluding hydrogens is 374 g/mol. The first-order valence-electron chi connectivity index (χ1n) is 9.60. The molecule has 1 rings (SSSR count). The van der Waals surface area contributed by atoms with Gasteiger partial charge in [-0.25, -0.2) is 9.59 Å². The van der Waals surface area contributed by atoms with Gasteiger partial charge in [-0.3, -0.25) is 4.99 Å². The summed E-state index contributed by atoms with van der Waals surface area (Å²) in [6.07, 6.45) is -1.32. The van der Waals surface area contributed by atoms with Gasteiger partial charge >= 0.3 is 12.2 Å². The number of nitrogens with zero attached hydrogens (tertiary/aromatic N) is 2. The van der Waals surface area contributed by atoms with Gasteiger partial charge in [-0.15, -0.1) is 4.90 Å². The van der Waals surface area contributed by atoms with Crippen molar-refractivity contribution in [2.24, 2.45) is 10.7 Å². The van der Waals surface area contributed by atoms with Crippen LogP contribution in [0.4, 0.5) is 9.59 Å². The SMILES string of the molecule is CCOc1cccc(CCN=C(N)N(C(=O)OC(C)(C)C)C(=O)OC(C)(C)C)c1. The Labute approximate surface area is 173 Å². The summed E-state index contributed by atoms with van der Waals surface area (Å²) >= 11 is 0. The highest BCUT2D eigenvalue weighted by atomic mass is 16.6. The van der Waals surface area contributed by atoms with E-state index in [0.29, 0.717) is 17.9 Å². The Morgan fingerprint density at radius 1 is 1.03 bits per heavy atom. The highest BCUT2D eigenvalue weighted by molar-refractivity contribution is 6.07. The van der Waals surface area contributed by atoms with Crippen molar-refractivity contribution in [3.63, 3.8) is 0 Å². The molecule has 0 heterocycles. The van der Waals surface area contributed by atoms with E-state index < -0.39 is 23.4 Å². The number of nitrogens with two attached hydrogens (primary N) is 1. The van der Waals surface area contributed by atoms with Crippen LogP contribution in [0.5, 0.6) is 5.75 Å². The molecule has 0 unspecified atom stereocenters. The van der Waals surface area contributed by atoms with Gasteiger partial charge in [0.1, 0.15) is 17.0 Å². The predicted molar refractivity (Wildman–Crippen MR) is 112 cm³/mol. The number of imide groups is 1. The van der Waals surface area contributed by atoms with Crippen LogP contribution in [-0.2, 0) is 15.9 Å². The molecule has 8 heteroatoms. The Balaban J connectivity index is 2.94. The average molecular weight is 408 g/mol. The molecule has 0 atom stereocenters. The van der Waals surface area contributed by atoms with Crippen LogP contribution in [-0.4, -0.2) is 47.4 Å². The standard InChI is InChI=1S/C21H33N3O5/c1-8-27-16-11-9-10-15(14-16)12-13-23-17(22)24(18(25)28-20(2,3)4)19(26)29-21(5,6)7/h9-11,14H,8,12-13H2,1-7H3,(H2,22,23). The van der Waals surface area contributed by atoms with E-state index in [0.717, 1.165) is 11.3 Å². The van der Waals surface area contributed by atoms with Gasteiger partial charge in [0, 0.05) is 6.54 Å². The Bertz CT molecular complexity index is 705. The fourth-order valence-corrected chi connectivity index (χ4v) is 2.20. The van der Waals surface area contributed by atoms with Gasteiger partial charge in [-0.1, -0.05) is 12.1 Å². The molecule has 8 nitrogen and oxygen atoms in total. The molecule has 0 aromatic heterocycles. The monoisotopic (exact) mass is 407 g/mol. The van der Waals surface area contributed by atoms with Crippen LogP contribution in [0, 0.1) is 0 Å². The number of ether oxygens (including phenoxy) is 3. The average Bonchev–Trinajstić information content (AvgIpc) is 2.52.